The van der Waals surface area contributed by atoms with Crippen molar-refractivity contribution >= 4 is 44.9 Å². The minimum Gasteiger partial charge on any atom is -0.473 e. The van der Waals surface area contributed by atoms with Crippen molar-refractivity contribution in [2.45, 2.75) is 26.4 Å². The van der Waals surface area contributed by atoms with Gasteiger partial charge in [-0.3, -0.25) is 14.9 Å². The van der Waals surface area contributed by atoms with Gasteiger partial charge in [-0.05, 0) is 49.7 Å². The van der Waals surface area contributed by atoms with Crippen LogP contribution >= 0.6 is 22.9 Å². The van der Waals surface area contributed by atoms with Gasteiger partial charge >= 0.3 is 0 Å². The maximum Gasteiger partial charge on any atom is 0.267 e. The topological polar surface area (TPSA) is 81.4 Å². The fourth-order valence-electron chi connectivity index (χ4n) is 3.86. The van der Waals surface area contributed by atoms with Gasteiger partial charge in [0.1, 0.15) is 5.58 Å². The number of aryl methyl sites for hydroxylation is 1. The third kappa shape index (κ3) is 5.28. The summed E-state index contributed by atoms with van der Waals surface area (Å²) in [6, 6.07) is 21.8. The number of hydrogen-bond donors (Lipinski definition) is 1. The molecule has 0 radical (unpaired) electrons. The Bertz CT molecular complexity index is 1630. The van der Waals surface area contributed by atoms with E-state index < -0.39 is 12.0 Å². The molecule has 1 amide bonds. The zero-order chi connectivity index (χ0) is 25.9. The number of aromatic nitrogens is 1. The van der Waals surface area contributed by atoms with Gasteiger partial charge in [0.15, 0.2) is 17.0 Å². The van der Waals surface area contributed by atoms with Crippen LogP contribution in [0.5, 0.6) is 5.75 Å². The number of rotatable bonds is 7. The van der Waals surface area contributed by atoms with Gasteiger partial charge in [0.2, 0.25) is 11.2 Å². The number of benzene rings is 3. The van der Waals surface area contributed by atoms with Crippen LogP contribution in [-0.4, -0.2) is 17.0 Å². The molecule has 5 aromatic rings. The lowest BCUT2D eigenvalue weighted by Crippen LogP contribution is -2.34. The van der Waals surface area contributed by atoms with Crippen molar-refractivity contribution in [3.05, 3.63) is 99.0 Å². The molecule has 1 unspecified atom stereocenters. The van der Waals surface area contributed by atoms with Gasteiger partial charge in [0.25, 0.3) is 5.91 Å². The minimum absolute atomic E-state index is 0.0255. The summed E-state index contributed by atoms with van der Waals surface area (Å²) < 4.78 is 12.2. The standard InChI is InChI=1S/C29H23ClN2O4S/c1-3-23(28(34)32-29-31-22(16-37-29)18-10-8-17(2)9-11-18)35-27-25(33)21-6-4-5-7-24(21)36-26(27)19-12-14-20(30)15-13-19/h4-16,23H,3H2,1-2H3,(H,31,32,34). The van der Waals surface area contributed by atoms with E-state index in [4.69, 9.17) is 20.8 Å². The molecule has 8 heteroatoms. The summed E-state index contributed by atoms with van der Waals surface area (Å²) in [7, 11) is 0. The van der Waals surface area contributed by atoms with Gasteiger partial charge in [-0.25, -0.2) is 4.98 Å². The van der Waals surface area contributed by atoms with Crippen LogP contribution in [0.25, 0.3) is 33.6 Å². The smallest absolute Gasteiger partial charge is 0.267 e. The molecular weight excluding hydrogens is 508 g/mol. The molecular formula is C29H23ClN2O4S. The van der Waals surface area contributed by atoms with E-state index in [0.29, 0.717) is 33.1 Å². The molecule has 6 nitrogen and oxygen atoms in total. The van der Waals surface area contributed by atoms with Gasteiger partial charge in [-0.2, -0.15) is 0 Å². The Hall–Kier alpha value is -3.94. The number of anilines is 1. The van der Waals surface area contributed by atoms with Crippen molar-refractivity contribution in [3.63, 3.8) is 0 Å². The normalized spacial score (nSPS) is 11.9. The summed E-state index contributed by atoms with van der Waals surface area (Å²) in [6.07, 6.45) is -0.615. The second kappa shape index (κ2) is 10.6. The highest BCUT2D eigenvalue weighted by atomic mass is 35.5. The van der Waals surface area contributed by atoms with Gasteiger partial charge in [-0.15, -0.1) is 11.3 Å². The van der Waals surface area contributed by atoms with Crippen molar-refractivity contribution in [1.29, 1.82) is 0 Å². The summed E-state index contributed by atoms with van der Waals surface area (Å²) in [5.74, 6) is -0.188. The fraction of sp³-hybridized carbons (Fsp3) is 0.138. The Labute approximate surface area is 222 Å². The molecule has 0 saturated heterocycles. The van der Waals surface area contributed by atoms with E-state index in [1.165, 1.54) is 11.3 Å². The first-order valence-electron chi connectivity index (χ1n) is 11.7. The molecule has 0 spiro atoms. The molecule has 0 aliphatic heterocycles. The Kier molecular flexibility index (Phi) is 7.08. The van der Waals surface area contributed by atoms with E-state index >= 15 is 0 Å². The first-order valence-corrected chi connectivity index (χ1v) is 13.0. The SMILES string of the molecule is CCC(Oc1c(-c2ccc(Cl)cc2)oc2ccccc2c1=O)C(=O)Nc1nc(-c2ccc(C)cc2)cs1. The number of nitrogens with one attached hydrogen (secondary N) is 1. The summed E-state index contributed by atoms with van der Waals surface area (Å²) >= 11 is 7.38. The predicted molar refractivity (Wildman–Crippen MR) is 149 cm³/mol. The van der Waals surface area contributed by atoms with E-state index in [0.717, 1.165) is 16.8 Å². The Morgan fingerprint density at radius 3 is 2.49 bits per heavy atom. The molecule has 5 rings (SSSR count). The number of nitrogens with zero attached hydrogens (tertiary/aromatic N) is 1. The number of fused-ring (bicyclic) bond motifs is 1. The van der Waals surface area contributed by atoms with Crippen molar-refractivity contribution in [2.24, 2.45) is 0 Å². The average molecular weight is 531 g/mol. The second-order valence-corrected chi connectivity index (χ2v) is 9.79. The number of halogens is 1. The van der Waals surface area contributed by atoms with Crippen molar-refractivity contribution in [1.82, 2.24) is 4.98 Å². The molecule has 186 valence electrons. The molecule has 0 aliphatic carbocycles. The van der Waals surface area contributed by atoms with Gasteiger partial charge in [0, 0.05) is 21.5 Å². The fourth-order valence-corrected chi connectivity index (χ4v) is 4.71. The number of ether oxygens (including phenoxy) is 1. The zero-order valence-electron chi connectivity index (χ0n) is 20.2. The van der Waals surface area contributed by atoms with E-state index in [9.17, 15) is 9.59 Å². The first kappa shape index (κ1) is 24.7. The molecule has 2 aromatic heterocycles. The second-order valence-electron chi connectivity index (χ2n) is 8.50. The van der Waals surface area contributed by atoms with E-state index in [1.807, 2.05) is 43.5 Å². The first-order chi connectivity index (χ1) is 17.9. The average Bonchev–Trinajstić information content (AvgIpc) is 3.37. The van der Waals surface area contributed by atoms with Crippen LogP contribution in [0.15, 0.2) is 87.4 Å². The quantitative estimate of drug-likeness (QED) is 0.238. The van der Waals surface area contributed by atoms with Gasteiger partial charge < -0.3 is 9.15 Å². The number of thiazole rings is 1. The molecule has 0 bridgehead atoms. The molecule has 37 heavy (non-hydrogen) atoms. The molecule has 2 heterocycles. The van der Waals surface area contributed by atoms with Crippen LogP contribution in [0.1, 0.15) is 18.9 Å². The molecule has 1 N–H and O–H groups in total. The predicted octanol–water partition coefficient (Wildman–Crippen LogP) is 7.34. The van der Waals surface area contributed by atoms with Crippen LogP contribution < -0.4 is 15.5 Å². The maximum atomic E-state index is 13.5. The summed E-state index contributed by atoms with van der Waals surface area (Å²) in [6.45, 7) is 3.84. The molecule has 0 aliphatic rings. The van der Waals surface area contributed by atoms with Gasteiger partial charge in [0.05, 0.1) is 11.1 Å². The Morgan fingerprint density at radius 2 is 1.76 bits per heavy atom. The van der Waals surface area contributed by atoms with Crippen LogP contribution in [-0.2, 0) is 4.79 Å². The molecule has 0 saturated carbocycles. The third-order valence-electron chi connectivity index (χ3n) is 5.87. The van der Waals surface area contributed by atoms with E-state index in [-0.39, 0.29) is 16.9 Å². The van der Waals surface area contributed by atoms with Crippen molar-refractivity contribution in [2.75, 3.05) is 5.32 Å². The molecule has 0 fully saturated rings. The number of carbonyl (C=O) groups excluding carboxylic acids is 1. The van der Waals surface area contributed by atoms with Crippen LogP contribution in [0.4, 0.5) is 5.13 Å². The van der Waals surface area contributed by atoms with Crippen molar-refractivity contribution < 1.29 is 13.9 Å². The lowest BCUT2D eigenvalue weighted by atomic mass is 10.1. The number of amides is 1. The largest absolute Gasteiger partial charge is 0.473 e. The lowest BCUT2D eigenvalue weighted by molar-refractivity contribution is -0.122. The highest BCUT2D eigenvalue weighted by Crippen LogP contribution is 2.33. The highest BCUT2D eigenvalue weighted by Gasteiger charge is 2.25. The van der Waals surface area contributed by atoms with Crippen LogP contribution in [0.2, 0.25) is 5.02 Å². The minimum atomic E-state index is -0.943. The van der Waals surface area contributed by atoms with E-state index in [2.05, 4.69) is 10.3 Å². The van der Waals surface area contributed by atoms with E-state index in [1.54, 1.807) is 48.5 Å². The Balaban J connectivity index is 1.45. The van der Waals surface area contributed by atoms with Crippen molar-refractivity contribution in [3.8, 4) is 28.3 Å². The molecule has 1 atom stereocenters. The number of para-hydroxylation sites is 1. The molecule has 3 aromatic carbocycles. The summed E-state index contributed by atoms with van der Waals surface area (Å²) in [4.78, 5) is 31.2. The highest BCUT2D eigenvalue weighted by molar-refractivity contribution is 7.14. The van der Waals surface area contributed by atoms with Gasteiger partial charge in [-0.1, -0.05) is 60.5 Å². The number of hydrogen-bond acceptors (Lipinski definition) is 6. The van der Waals surface area contributed by atoms with Crippen LogP contribution in [0.3, 0.4) is 0 Å². The van der Waals surface area contributed by atoms with Crippen LogP contribution in [0, 0.1) is 6.92 Å². The summed E-state index contributed by atoms with van der Waals surface area (Å²) in [5, 5.41) is 6.09. The monoisotopic (exact) mass is 530 g/mol. The zero-order valence-corrected chi connectivity index (χ0v) is 21.7. The maximum absolute atomic E-state index is 13.5. The third-order valence-corrected chi connectivity index (χ3v) is 6.88. The Morgan fingerprint density at radius 1 is 1.05 bits per heavy atom. The lowest BCUT2D eigenvalue weighted by Gasteiger charge is -2.18. The number of carbonyl (C=O) groups is 1. The summed E-state index contributed by atoms with van der Waals surface area (Å²) in [5.41, 5.74) is 3.58.